The van der Waals surface area contributed by atoms with Crippen molar-refractivity contribution in [3.63, 3.8) is 0 Å². The molecule has 122 valence electrons. The third-order valence-electron chi connectivity index (χ3n) is 5.50. The van der Waals surface area contributed by atoms with E-state index in [2.05, 4.69) is 65.1 Å². The van der Waals surface area contributed by atoms with Gasteiger partial charge >= 0.3 is 0 Å². The average Bonchev–Trinajstić information content (AvgIpc) is 3.29. The zero-order valence-electron chi connectivity index (χ0n) is 14.3. The van der Waals surface area contributed by atoms with Crippen LogP contribution in [0.5, 0.6) is 0 Å². The van der Waals surface area contributed by atoms with Crippen LogP contribution >= 0.6 is 0 Å². The van der Waals surface area contributed by atoms with Crippen molar-refractivity contribution in [2.45, 2.75) is 65.1 Å². The molecule has 1 fully saturated rings. The summed E-state index contributed by atoms with van der Waals surface area (Å²) < 4.78 is 2.33. The summed E-state index contributed by atoms with van der Waals surface area (Å²) in [6.07, 6.45) is 4.93. The predicted molar refractivity (Wildman–Crippen MR) is 91.2 cm³/mol. The molecule has 2 aliphatic rings. The van der Waals surface area contributed by atoms with Gasteiger partial charge < -0.3 is 9.88 Å². The lowest BCUT2D eigenvalue weighted by Crippen LogP contribution is -2.38. The topological polar surface area (TPSA) is 42.7 Å². The molecule has 0 saturated heterocycles. The van der Waals surface area contributed by atoms with E-state index in [9.17, 15) is 0 Å². The lowest BCUT2D eigenvalue weighted by Gasteiger charge is -2.40. The van der Waals surface area contributed by atoms with Crippen molar-refractivity contribution in [3.05, 3.63) is 47.0 Å². The first-order chi connectivity index (χ1) is 11.1. The number of benzene rings is 1. The molecule has 0 aliphatic heterocycles. The molecule has 1 heterocycles. The highest BCUT2D eigenvalue weighted by atomic mass is 15.3. The third-order valence-corrected chi connectivity index (χ3v) is 5.50. The summed E-state index contributed by atoms with van der Waals surface area (Å²) in [6, 6.07) is 9.87. The van der Waals surface area contributed by atoms with Crippen LogP contribution in [0, 0.1) is 12.3 Å². The second kappa shape index (κ2) is 5.45. The lowest BCUT2D eigenvalue weighted by molar-refractivity contribution is 0.206. The summed E-state index contributed by atoms with van der Waals surface area (Å²) >= 11 is 0. The highest BCUT2D eigenvalue weighted by molar-refractivity contribution is 5.34. The maximum Gasteiger partial charge on any atom is 0.147 e. The fourth-order valence-corrected chi connectivity index (χ4v) is 3.99. The van der Waals surface area contributed by atoms with Crippen molar-refractivity contribution in [1.82, 2.24) is 20.1 Å². The predicted octanol–water partition coefficient (Wildman–Crippen LogP) is 3.72. The third kappa shape index (κ3) is 2.69. The van der Waals surface area contributed by atoms with E-state index in [1.54, 1.807) is 0 Å². The Morgan fingerprint density at radius 2 is 2.00 bits per heavy atom. The van der Waals surface area contributed by atoms with Crippen LogP contribution in [0.15, 0.2) is 24.3 Å². The average molecular weight is 310 g/mol. The van der Waals surface area contributed by atoms with Crippen LogP contribution in [0.4, 0.5) is 0 Å². The van der Waals surface area contributed by atoms with E-state index in [1.807, 2.05) is 0 Å². The summed E-state index contributed by atoms with van der Waals surface area (Å²) in [4.78, 5) is 0. The molecule has 1 atom stereocenters. The summed E-state index contributed by atoms with van der Waals surface area (Å²) in [5.41, 5.74) is 3.20. The van der Waals surface area contributed by atoms with Crippen LogP contribution in [0.25, 0.3) is 0 Å². The van der Waals surface area contributed by atoms with Crippen molar-refractivity contribution < 1.29 is 0 Å². The number of fused-ring (bicyclic) bond motifs is 1. The molecule has 0 spiro atoms. The van der Waals surface area contributed by atoms with Crippen molar-refractivity contribution >= 4 is 0 Å². The molecule has 1 aromatic heterocycles. The minimum Gasteiger partial charge on any atom is -0.311 e. The Hall–Kier alpha value is -1.68. The molecular formula is C19H26N4. The van der Waals surface area contributed by atoms with E-state index in [-0.39, 0.29) is 5.41 Å². The van der Waals surface area contributed by atoms with Crippen LogP contribution in [-0.2, 0) is 13.0 Å². The first kappa shape index (κ1) is 14.9. The van der Waals surface area contributed by atoms with Crippen LogP contribution in [0.3, 0.4) is 0 Å². The van der Waals surface area contributed by atoms with E-state index in [1.165, 1.54) is 36.8 Å². The van der Waals surface area contributed by atoms with Gasteiger partial charge in [0, 0.05) is 12.1 Å². The number of nitrogens with zero attached hydrogens (tertiary/aromatic N) is 3. The van der Waals surface area contributed by atoms with Gasteiger partial charge in [-0.05, 0) is 49.1 Å². The molecule has 2 aromatic rings. The van der Waals surface area contributed by atoms with Gasteiger partial charge in [-0.1, -0.05) is 38.1 Å². The molecule has 1 unspecified atom stereocenters. The normalized spacial score (nSPS) is 22.8. The first-order valence-corrected chi connectivity index (χ1v) is 8.78. The molecule has 1 N–H and O–H groups in total. The molecule has 0 amide bonds. The van der Waals surface area contributed by atoms with Crippen molar-refractivity contribution in [2.75, 3.05) is 0 Å². The molecule has 0 bridgehead atoms. The number of hydrogen-bond acceptors (Lipinski definition) is 3. The molecule has 4 rings (SSSR count). The van der Waals surface area contributed by atoms with Gasteiger partial charge in [-0.15, -0.1) is 10.2 Å². The quantitative estimate of drug-likeness (QED) is 0.936. The Kier molecular flexibility index (Phi) is 3.52. The second-order valence-corrected chi connectivity index (χ2v) is 7.77. The molecule has 0 radical (unpaired) electrons. The SMILES string of the molecule is Cc1nnc(CNC2c3ccccc3CCC2(C)C)n1C1CC1. The molecule has 1 saturated carbocycles. The number of nitrogens with one attached hydrogen (secondary N) is 1. The van der Waals surface area contributed by atoms with E-state index in [0.717, 1.165) is 18.2 Å². The fraction of sp³-hybridized carbons (Fsp3) is 0.579. The highest BCUT2D eigenvalue weighted by Crippen LogP contribution is 2.43. The number of hydrogen-bond donors (Lipinski definition) is 1. The van der Waals surface area contributed by atoms with Crippen molar-refractivity contribution in [2.24, 2.45) is 5.41 Å². The Balaban J connectivity index is 1.58. The van der Waals surface area contributed by atoms with Crippen molar-refractivity contribution in [3.8, 4) is 0 Å². The molecular weight excluding hydrogens is 284 g/mol. The second-order valence-electron chi connectivity index (χ2n) is 7.77. The van der Waals surface area contributed by atoms with E-state index in [4.69, 9.17) is 0 Å². The smallest absolute Gasteiger partial charge is 0.147 e. The number of aromatic nitrogens is 3. The summed E-state index contributed by atoms with van der Waals surface area (Å²) in [6.45, 7) is 7.60. The highest BCUT2D eigenvalue weighted by Gasteiger charge is 2.36. The summed E-state index contributed by atoms with van der Waals surface area (Å²) in [5.74, 6) is 2.14. The minimum absolute atomic E-state index is 0.258. The van der Waals surface area contributed by atoms with Gasteiger partial charge in [0.1, 0.15) is 11.6 Å². The first-order valence-electron chi connectivity index (χ1n) is 8.78. The van der Waals surface area contributed by atoms with E-state index in [0.29, 0.717) is 12.1 Å². The molecule has 4 heteroatoms. The Labute approximate surface area is 138 Å². The van der Waals surface area contributed by atoms with Crippen LogP contribution in [0.2, 0.25) is 0 Å². The van der Waals surface area contributed by atoms with Crippen LogP contribution in [-0.4, -0.2) is 14.8 Å². The summed E-state index contributed by atoms with van der Waals surface area (Å²) in [5, 5.41) is 12.5. The molecule has 23 heavy (non-hydrogen) atoms. The Bertz CT molecular complexity index is 712. The van der Waals surface area contributed by atoms with Gasteiger partial charge in [0.05, 0.1) is 6.54 Å². The van der Waals surface area contributed by atoms with Gasteiger partial charge in [-0.3, -0.25) is 0 Å². The molecule has 2 aliphatic carbocycles. The van der Waals surface area contributed by atoms with E-state index >= 15 is 0 Å². The largest absolute Gasteiger partial charge is 0.311 e. The maximum absolute atomic E-state index is 4.42. The standard InChI is InChI=1S/C19H26N4/c1-13-21-22-17(23(13)15-8-9-15)12-20-18-16-7-5-4-6-14(16)10-11-19(18,2)3/h4-7,15,18,20H,8-12H2,1-3H3. The van der Waals surface area contributed by atoms with Gasteiger partial charge in [-0.25, -0.2) is 0 Å². The zero-order valence-corrected chi connectivity index (χ0v) is 14.3. The van der Waals surface area contributed by atoms with Gasteiger partial charge in [0.15, 0.2) is 0 Å². The van der Waals surface area contributed by atoms with Crippen molar-refractivity contribution in [1.29, 1.82) is 0 Å². The number of aryl methyl sites for hydroxylation is 2. The van der Waals surface area contributed by atoms with Crippen LogP contribution in [0.1, 0.15) is 68.0 Å². The maximum atomic E-state index is 4.42. The lowest BCUT2D eigenvalue weighted by atomic mass is 9.70. The van der Waals surface area contributed by atoms with Gasteiger partial charge in [0.25, 0.3) is 0 Å². The molecule has 4 nitrogen and oxygen atoms in total. The van der Waals surface area contributed by atoms with Crippen LogP contribution < -0.4 is 5.32 Å². The molecule has 1 aromatic carbocycles. The van der Waals surface area contributed by atoms with Gasteiger partial charge in [-0.2, -0.15) is 0 Å². The Morgan fingerprint density at radius 3 is 2.78 bits per heavy atom. The minimum atomic E-state index is 0.258. The zero-order chi connectivity index (χ0) is 16.0. The fourth-order valence-electron chi connectivity index (χ4n) is 3.99. The number of rotatable bonds is 4. The Morgan fingerprint density at radius 1 is 1.22 bits per heavy atom. The van der Waals surface area contributed by atoms with Gasteiger partial charge in [0.2, 0.25) is 0 Å². The monoisotopic (exact) mass is 310 g/mol. The summed E-state index contributed by atoms with van der Waals surface area (Å²) in [7, 11) is 0. The van der Waals surface area contributed by atoms with E-state index < -0.39 is 0 Å².